The van der Waals surface area contributed by atoms with Crippen molar-refractivity contribution in [1.29, 1.82) is 5.26 Å². The summed E-state index contributed by atoms with van der Waals surface area (Å²) in [7, 11) is 0. The molecule has 1 saturated heterocycles. The van der Waals surface area contributed by atoms with Crippen LogP contribution in [0.2, 0.25) is 0 Å². The lowest BCUT2D eigenvalue weighted by atomic mass is 9.90. The molecule has 0 bridgehead atoms. The van der Waals surface area contributed by atoms with Gasteiger partial charge in [-0.2, -0.15) is 18.4 Å². The number of nitriles is 1. The van der Waals surface area contributed by atoms with Crippen LogP contribution in [0.1, 0.15) is 55.6 Å². The number of aromatic nitrogens is 3. The second-order valence-corrected chi connectivity index (χ2v) is 12.3. The number of carbonyl (C=O) groups is 1. The summed E-state index contributed by atoms with van der Waals surface area (Å²) in [5.41, 5.74) is 3.49. The number of rotatable bonds is 9. The van der Waals surface area contributed by atoms with Crippen LogP contribution >= 0.6 is 0 Å². The first kappa shape index (κ1) is 32.6. The molecule has 1 aliphatic rings. The summed E-state index contributed by atoms with van der Waals surface area (Å²) in [6, 6.07) is 16.9. The second kappa shape index (κ2) is 14.1. The first-order valence-corrected chi connectivity index (χ1v) is 15.5. The Balaban J connectivity index is 1.19. The first-order valence-electron chi connectivity index (χ1n) is 15.5. The molecule has 0 unspecified atom stereocenters. The maximum absolute atomic E-state index is 13.5. The van der Waals surface area contributed by atoms with Gasteiger partial charge < -0.3 is 14.8 Å². The molecule has 1 amide bonds. The molecule has 0 atom stereocenters. The van der Waals surface area contributed by atoms with Crippen LogP contribution in [-0.4, -0.2) is 51.2 Å². The molecule has 0 aliphatic carbocycles. The molecule has 1 N–H and O–H groups in total. The number of piperidine rings is 1. The summed E-state index contributed by atoms with van der Waals surface area (Å²) in [5.74, 6) is 6.50. The summed E-state index contributed by atoms with van der Waals surface area (Å²) in [4.78, 5) is 23.0. The lowest BCUT2D eigenvalue weighted by Crippen LogP contribution is -2.39. The third kappa shape index (κ3) is 8.45. The zero-order valence-electron chi connectivity index (χ0n) is 26.1. The molecule has 4 heterocycles. The number of hydrogen-bond acceptors (Lipinski definition) is 5. The number of carbonyl (C=O) groups excluding carboxylic acids is 1. The number of hydrogen-bond donors (Lipinski definition) is 1. The number of nitrogens with one attached hydrogen (secondary N) is 1. The minimum atomic E-state index is -4.39. The highest BCUT2D eigenvalue weighted by molar-refractivity contribution is 5.83. The van der Waals surface area contributed by atoms with Gasteiger partial charge in [-0.05, 0) is 105 Å². The number of amides is 1. The van der Waals surface area contributed by atoms with E-state index in [1.54, 1.807) is 56.7 Å². The molecule has 7 nitrogen and oxygen atoms in total. The predicted octanol–water partition coefficient (Wildman–Crippen LogP) is 6.67. The standard InChI is InChI=1S/C36H37F3N6O/c1-35(2,24-40)33-10-8-30(23-43-33)42-15-3-4-31-22-29-20-27(7-9-32(29)45(31)25-36(37,38)39)6-5-26-13-18-44(19-14-26)34(46)21-28-11-16-41-17-12-28/h7-12,16-17,20,22-23,26,42H,5-6,13-15,18-19,21,25H2,1-2H3. The number of fused-ring (bicyclic) bond motifs is 1. The van der Waals surface area contributed by atoms with Gasteiger partial charge in [-0.1, -0.05) is 12.0 Å². The largest absolute Gasteiger partial charge is 0.406 e. The Bertz CT molecular complexity index is 1750. The molecule has 1 aliphatic heterocycles. The molecule has 3 aromatic heterocycles. The van der Waals surface area contributed by atoms with E-state index in [2.05, 4.69) is 33.2 Å². The normalized spacial score (nSPS) is 14.0. The quantitative estimate of drug-likeness (QED) is 0.210. The predicted molar refractivity (Wildman–Crippen MR) is 172 cm³/mol. The zero-order valence-corrected chi connectivity index (χ0v) is 26.1. The van der Waals surface area contributed by atoms with Crippen molar-refractivity contribution in [2.45, 2.75) is 64.1 Å². The highest BCUT2D eigenvalue weighted by Gasteiger charge is 2.30. The van der Waals surface area contributed by atoms with E-state index in [1.165, 1.54) is 4.57 Å². The number of halogens is 3. The molecule has 4 aromatic rings. The number of likely N-dealkylation sites (tertiary alicyclic amines) is 1. The molecule has 0 radical (unpaired) electrons. The van der Waals surface area contributed by atoms with Crippen LogP contribution in [0.3, 0.4) is 0 Å². The van der Waals surface area contributed by atoms with Gasteiger partial charge >= 0.3 is 6.18 Å². The smallest absolute Gasteiger partial charge is 0.373 e. The van der Waals surface area contributed by atoms with E-state index in [0.717, 1.165) is 55.3 Å². The third-order valence-corrected chi connectivity index (χ3v) is 8.50. The molecule has 5 rings (SSSR count). The van der Waals surface area contributed by atoms with Gasteiger partial charge in [0.2, 0.25) is 5.91 Å². The zero-order chi connectivity index (χ0) is 32.7. The van der Waals surface area contributed by atoms with Crippen molar-refractivity contribution in [2.24, 2.45) is 5.92 Å². The average molecular weight is 627 g/mol. The number of nitrogens with zero attached hydrogens (tertiary/aromatic N) is 5. The van der Waals surface area contributed by atoms with Crippen LogP contribution in [0.4, 0.5) is 18.9 Å². The summed E-state index contributed by atoms with van der Waals surface area (Å²) in [5, 5.41) is 13.1. The molecule has 238 valence electrons. The summed E-state index contributed by atoms with van der Waals surface area (Å²) in [6.07, 6.45) is 4.68. The fraction of sp³-hybridized carbons (Fsp3) is 0.389. The number of anilines is 1. The molecular formula is C36H37F3N6O. The van der Waals surface area contributed by atoms with Gasteiger partial charge in [0.25, 0.3) is 0 Å². The van der Waals surface area contributed by atoms with E-state index in [0.29, 0.717) is 34.9 Å². The van der Waals surface area contributed by atoms with Gasteiger partial charge in [0.1, 0.15) is 6.54 Å². The lowest BCUT2D eigenvalue weighted by molar-refractivity contribution is -0.140. The van der Waals surface area contributed by atoms with Gasteiger partial charge in [-0.3, -0.25) is 14.8 Å². The highest BCUT2D eigenvalue weighted by atomic mass is 19.4. The number of alkyl halides is 3. The van der Waals surface area contributed by atoms with Crippen molar-refractivity contribution in [3.8, 4) is 17.9 Å². The Morgan fingerprint density at radius 3 is 2.48 bits per heavy atom. The van der Waals surface area contributed by atoms with Gasteiger partial charge in [0.05, 0.1) is 47.7 Å². The number of benzene rings is 1. The Morgan fingerprint density at radius 2 is 1.80 bits per heavy atom. The Morgan fingerprint density at radius 1 is 1.04 bits per heavy atom. The SMILES string of the molecule is CC(C)(C#N)c1ccc(NCC#Cc2cc3cc(CCC4CCN(C(=O)Cc5ccncc5)CC4)ccc3n2CC(F)(F)F)cn1. The summed E-state index contributed by atoms with van der Waals surface area (Å²) >= 11 is 0. The fourth-order valence-electron chi connectivity index (χ4n) is 5.76. The molecule has 0 saturated carbocycles. The average Bonchev–Trinajstić information content (AvgIpc) is 3.37. The maximum atomic E-state index is 13.5. The lowest BCUT2D eigenvalue weighted by Gasteiger charge is -2.32. The summed E-state index contributed by atoms with van der Waals surface area (Å²) < 4.78 is 41.8. The van der Waals surface area contributed by atoms with Crippen LogP contribution in [0.25, 0.3) is 10.9 Å². The summed E-state index contributed by atoms with van der Waals surface area (Å²) in [6.45, 7) is 4.16. The van der Waals surface area contributed by atoms with E-state index in [9.17, 15) is 23.2 Å². The van der Waals surface area contributed by atoms with Crippen LogP contribution < -0.4 is 5.32 Å². The minimum Gasteiger partial charge on any atom is -0.373 e. The second-order valence-electron chi connectivity index (χ2n) is 12.3. The number of aryl methyl sites for hydroxylation is 1. The van der Waals surface area contributed by atoms with Crippen molar-refractivity contribution in [2.75, 3.05) is 25.0 Å². The van der Waals surface area contributed by atoms with E-state index < -0.39 is 18.1 Å². The third-order valence-electron chi connectivity index (χ3n) is 8.50. The van der Waals surface area contributed by atoms with Gasteiger partial charge in [0, 0.05) is 36.4 Å². The van der Waals surface area contributed by atoms with Crippen LogP contribution in [-0.2, 0) is 29.6 Å². The molecule has 10 heteroatoms. The van der Waals surface area contributed by atoms with Crippen LogP contribution in [0.15, 0.2) is 67.1 Å². The van der Waals surface area contributed by atoms with Gasteiger partial charge in [-0.25, -0.2) is 0 Å². The minimum absolute atomic E-state index is 0.139. The number of pyridine rings is 2. The monoisotopic (exact) mass is 626 g/mol. The van der Waals surface area contributed by atoms with Crippen LogP contribution in [0, 0.1) is 29.1 Å². The first-order chi connectivity index (χ1) is 22.0. The Labute approximate surface area is 267 Å². The topological polar surface area (TPSA) is 86.8 Å². The Hall–Kier alpha value is -4.83. The molecular weight excluding hydrogens is 589 g/mol. The van der Waals surface area contributed by atoms with Crippen molar-refractivity contribution >= 4 is 22.5 Å². The van der Waals surface area contributed by atoms with Crippen molar-refractivity contribution in [1.82, 2.24) is 19.4 Å². The van der Waals surface area contributed by atoms with E-state index in [1.807, 2.05) is 29.2 Å². The fourth-order valence-corrected chi connectivity index (χ4v) is 5.76. The van der Waals surface area contributed by atoms with E-state index in [4.69, 9.17) is 0 Å². The molecule has 0 spiro atoms. The van der Waals surface area contributed by atoms with E-state index >= 15 is 0 Å². The molecule has 1 fully saturated rings. The molecule has 1 aromatic carbocycles. The van der Waals surface area contributed by atoms with Crippen molar-refractivity contribution in [3.05, 3.63) is 89.6 Å². The van der Waals surface area contributed by atoms with Crippen molar-refractivity contribution < 1.29 is 18.0 Å². The van der Waals surface area contributed by atoms with E-state index in [-0.39, 0.29) is 12.5 Å². The Kier molecular flexibility index (Phi) is 9.96. The maximum Gasteiger partial charge on any atom is 0.406 e. The van der Waals surface area contributed by atoms with Crippen LogP contribution in [0.5, 0.6) is 0 Å². The van der Waals surface area contributed by atoms with Gasteiger partial charge in [0.15, 0.2) is 0 Å². The van der Waals surface area contributed by atoms with Gasteiger partial charge in [-0.15, -0.1) is 0 Å². The highest BCUT2D eigenvalue weighted by Crippen LogP contribution is 2.28. The molecule has 46 heavy (non-hydrogen) atoms. The van der Waals surface area contributed by atoms with Crippen molar-refractivity contribution in [3.63, 3.8) is 0 Å².